The van der Waals surface area contributed by atoms with Gasteiger partial charge in [0.2, 0.25) is 0 Å². The summed E-state index contributed by atoms with van der Waals surface area (Å²) in [4.78, 5) is 47.5. The van der Waals surface area contributed by atoms with Crippen LogP contribution in [0.5, 0.6) is 0 Å². The summed E-state index contributed by atoms with van der Waals surface area (Å²) in [6, 6.07) is 3.97. The molecule has 0 aliphatic carbocycles. The Balaban J connectivity index is 2.04. The van der Waals surface area contributed by atoms with E-state index in [-0.39, 0.29) is 21.8 Å². The summed E-state index contributed by atoms with van der Waals surface area (Å²) in [7, 11) is 0. The highest BCUT2D eigenvalue weighted by atomic mass is 32.1. The molecule has 0 spiro atoms. The molecule has 0 aliphatic heterocycles. The van der Waals surface area contributed by atoms with Crippen LogP contribution in [-0.4, -0.2) is 33.7 Å². The number of rotatable bonds is 8. The number of hydrogen-bond acceptors (Lipinski definition) is 7. The van der Waals surface area contributed by atoms with Crippen LogP contribution in [0.25, 0.3) is 0 Å². The zero-order chi connectivity index (χ0) is 20.0. The fourth-order valence-corrected chi connectivity index (χ4v) is 2.91. The molecule has 1 atom stereocenters. The predicted octanol–water partition coefficient (Wildman–Crippen LogP) is 1.39. The van der Waals surface area contributed by atoms with Gasteiger partial charge >= 0.3 is 5.97 Å². The number of carbonyl (C=O) groups is 3. The predicted molar refractivity (Wildman–Crippen MR) is 99.7 cm³/mol. The first-order chi connectivity index (χ1) is 12.8. The van der Waals surface area contributed by atoms with Crippen LogP contribution in [-0.2, 0) is 16.1 Å². The number of thiophene rings is 1. The number of ether oxygens (including phenoxy) is 1. The van der Waals surface area contributed by atoms with Crippen molar-refractivity contribution in [2.45, 2.75) is 39.3 Å². The smallest absolute Gasteiger partial charge is 0.359 e. The lowest BCUT2D eigenvalue weighted by atomic mass is 10.3. The molecule has 10 heteroatoms. The molecule has 0 unspecified atom stereocenters. The van der Waals surface area contributed by atoms with Crippen LogP contribution in [0.1, 0.15) is 47.5 Å². The van der Waals surface area contributed by atoms with E-state index in [4.69, 9.17) is 10.5 Å². The van der Waals surface area contributed by atoms with Crippen LogP contribution in [0.3, 0.4) is 0 Å². The van der Waals surface area contributed by atoms with E-state index >= 15 is 0 Å². The van der Waals surface area contributed by atoms with Gasteiger partial charge in [-0.2, -0.15) is 5.10 Å². The molecular weight excluding hydrogens is 372 g/mol. The molecular formula is C17H20N4O5S. The second-order valence-electron chi connectivity index (χ2n) is 5.70. The molecule has 2 rings (SSSR count). The first kappa shape index (κ1) is 20.3. The summed E-state index contributed by atoms with van der Waals surface area (Å²) in [6.07, 6.45) is 0.474. The van der Waals surface area contributed by atoms with Crippen molar-refractivity contribution in [3.8, 4) is 0 Å². The van der Waals surface area contributed by atoms with E-state index in [1.165, 1.54) is 29.8 Å². The van der Waals surface area contributed by atoms with Gasteiger partial charge in [0.05, 0.1) is 5.56 Å². The van der Waals surface area contributed by atoms with Crippen molar-refractivity contribution in [3.05, 3.63) is 45.2 Å². The molecule has 9 nitrogen and oxygen atoms in total. The quantitative estimate of drug-likeness (QED) is 0.652. The highest BCUT2D eigenvalue weighted by Crippen LogP contribution is 2.23. The van der Waals surface area contributed by atoms with Crippen molar-refractivity contribution < 1.29 is 19.1 Å². The third-order valence-corrected chi connectivity index (χ3v) is 4.45. The number of carbonyl (C=O) groups excluding carboxylic acids is 3. The Morgan fingerprint density at radius 1 is 1.33 bits per heavy atom. The van der Waals surface area contributed by atoms with Crippen LogP contribution in [0.15, 0.2) is 28.4 Å². The number of hydrogen-bond donors (Lipinski definition) is 2. The monoisotopic (exact) mass is 392 g/mol. The number of primary amides is 1. The maximum absolute atomic E-state index is 12.2. The first-order valence-corrected chi connectivity index (χ1v) is 9.18. The number of unbranched alkanes of at least 4 members (excludes halogenated alkanes) is 1. The van der Waals surface area contributed by atoms with E-state index in [0.29, 0.717) is 6.54 Å². The SMILES string of the molecule is CCCCn1nc(C(=O)O[C@@H](C)C(=O)Nc2sccc2C(N)=O)ccc1=O. The lowest BCUT2D eigenvalue weighted by Crippen LogP contribution is -2.31. The fourth-order valence-electron chi connectivity index (χ4n) is 2.11. The first-order valence-electron chi connectivity index (χ1n) is 8.30. The molecule has 0 aliphatic rings. The second kappa shape index (κ2) is 9.08. The summed E-state index contributed by atoms with van der Waals surface area (Å²) in [6.45, 7) is 3.75. The molecule has 0 bridgehead atoms. The number of esters is 1. The standard InChI is InChI=1S/C17H20N4O5S/c1-3-4-8-21-13(22)6-5-12(20-21)17(25)26-10(2)15(24)19-16-11(14(18)23)7-9-27-16/h5-7,9-10H,3-4,8H2,1-2H3,(H2,18,23)(H,19,24)/t10-/m0/s1. The van der Waals surface area contributed by atoms with Gasteiger partial charge in [-0.1, -0.05) is 13.3 Å². The Morgan fingerprint density at radius 3 is 2.74 bits per heavy atom. The Bertz CT molecular complexity index is 905. The molecule has 27 heavy (non-hydrogen) atoms. The van der Waals surface area contributed by atoms with Crippen LogP contribution < -0.4 is 16.6 Å². The van der Waals surface area contributed by atoms with Gasteiger partial charge in [0.1, 0.15) is 5.00 Å². The number of anilines is 1. The Morgan fingerprint density at radius 2 is 2.07 bits per heavy atom. The summed E-state index contributed by atoms with van der Waals surface area (Å²) in [5, 5.41) is 8.36. The largest absolute Gasteiger partial charge is 0.448 e. The van der Waals surface area contributed by atoms with Crippen molar-refractivity contribution in [2.24, 2.45) is 5.73 Å². The highest BCUT2D eigenvalue weighted by molar-refractivity contribution is 7.14. The Hall–Kier alpha value is -3.01. The number of nitrogens with two attached hydrogens (primary N) is 1. The third-order valence-electron chi connectivity index (χ3n) is 3.62. The Labute approximate surface area is 159 Å². The average Bonchev–Trinajstić information content (AvgIpc) is 3.09. The van der Waals surface area contributed by atoms with E-state index < -0.39 is 23.9 Å². The number of aromatic nitrogens is 2. The molecule has 0 radical (unpaired) electrons. The molecule has 0 saturated heterocycles. The van der Waals surface area contributed by atoms with E-state index in [0.717, 1.165) is 24.2 Å². The molecule has 2 aromatic rings. The fraction of sp³-hybridized carbons (Fsp3) is 0.353. The molecule has 2 heterocycles. The molecule has 0 aromatic carbocycles. The van der Waals surface area contributed by atoms with E-state index in [1.807, 2.05) is 6.92 Å². The minimum Gasteiger partial charge on any atom is -0.448 e. The molecule has 3 N–H and O–H groups in total. The van der Waals surface area contributed by atoms with Gasteiger partial charge < -0.3 is 15.8 Å². The average molecular weight is 392 g/mol. The minimum absolute atomic E-state index is 0.0701. The number of nitrogens with zero attached hydrogens (tertiary/aromatic N) is 2. The van der Waals surface area contributed by atoms with Crippen LogP contribution in [0, 0.1) is 0 Å². The number of aryl methyl sites for hydroxylation is 1. The zero-order valence-electron chi connectivity index (χ0n) is 14.9. The Kier molecular flexibility index (Phi) is 6.83. The van der Waals surface area contributed by atoms with Crippen molar-refractivity contribution >= 4 is 34.1 Å². The molecule has 2 aromatic heterocycles. The summed E-state index contributed by atoms with van der Waals surface area (Å²) in [5.74, 6) is -2.12. The maximum Gasteiger partial charge on any atom is 0.359 e. The van der Waals surface area contributed by atoms with Gasteiger partial charge in [0.15, 0.2) is 11.8 Å². The van der Waals surface area contributed by atoms with Crippen molar-refractivity contribution in [1.29, 1.82) is 0 Å². The maximum atomic E-state index is 12.2. The van der Waals surface area contributed by atoms with Crippen LogP contribution >= 0.6 is 11.3 Å². The number of nitrogens with one attached hydrogen (secondary N) is 1. The van der Waals surface area contributed by atoms with Crippen molar-refractivity contribution in [1.82, 2.24) is 9.78 Å². The van der Waals surface area contributed by atoms with Gasteiger partial charge in [-0.05, 0) is 30.9 Å². The van der Waals surface area contributed by atoms with E-state index in [9.17, 15) is 19.2 Å². The molecule has 0 saturated carbocycles. The normalized spacial score (nSPS) is 11.6. The van der Waals surface area contributed by atoms with Crippen molar-refractivity contribution in [3.63, 3.8) is 0 Å². The zero-order valence-corrected chi connectivity index (χ0v) is 15.7. The van der Waals surface area contributed by atoms with E-state index in [2.05, 4.69) is 10.4 Å². The summed E-state index contributed by atoms with van der Waals surface area (Å²) < 4.78 is 6.30. The van der Waals surface area contributed by atoms with Gasteiger partial charge in [0, 0.05) is 12.6 Å². The lowest BCUT2D eigenvalue weighted by molar-refractivity contribution is -0.123. The lowest BCUT2D eigenvalue weighted by Gasteiger charge is -2.13. The van der Waals surface area contributed by atoms with Crippen LogP contribution in [0.2, 0.25) is 0 Å². The summed E-state index contributed by atoms with van der Waals surface area (Å²) >= 11 is 1.13. The van der Waals surface area contributed by atoms with Gasteiger partial charge in [0.25, 0.3) is 17.4 Å². The van der Waals surface area contributed by atoms with Gasteiger partial charge in [-0.15, -0.1) is 11.3 Å². The highest BCUT2D eigenvalue weighted by Gasteiger charge is 2.22. The molecule has 0 fully saturated rings. The minimum atomic E-state index is -1.14. The van der Waals surface area contributed by atoms with Gasteiger partial charge in [-0.25, -0.2) is 9.48 Å². The van der Waals surface area contributed by atoms with Crippen LogP contribution in [0.4, 0.5) is 5.00 Å². The second-order valence-corrected chi connectivity index (χ2v) is 6.61. The van der Waals surface area contributed by atoms with Gasteiger partial charge in [-0.3, -0.25) is 14.4 Å². The van der Waals surface area contributed by atoms with E-state index in [1.54, 1.807) is 5.38 Å². The van der Waals surface area contributed by atoms with Crippen molar-refractivity contribution in [2.75, 3.05) is 5.32 Å². The molecule has 2 amide bonds. The molecule has 144 valence electrons. The summed E-state index contributed by atoms with van der Waals surface area (Å²) in [5.41, 5.74) is 5.01. The topological polar surface area (TPSA) is 133 Å². The number of amides is 2. The third kappa shape index (κ3) is 5.23.